The molecule has 0 radical (unpaired) electrons. The van der Waals surface area contributed by atoms with Gasteiger partial charge in [0.15, 0.2) is 0 Å². The molecule has 0 unspecified atom stereocenters. The SMILES string of the molecule is CC(C)(C)S(=O)(=O)N[C@H]1CC[C@H](CNc2ccc(-n3cccn3)c(C(F)(F)F)c2)CC1. The highest BCUT2D eigenvalue weighted by molar-refractivity contribution is 7.90. The van der Waals surface area contributed by atoms with Gasteiger partial charge in [-0.1, -0.05) is 0 Å². The lowest BCUT2D eigenvalue weighted by Crippen LogP contribution is -2.46. The molecular weight excluding hydrogens is 429 g/mol. The third-order valence-corrected chi connectivity index (χ3v) is 7.88. The predicted octanol–water partition coefficient (Wildman–Crippen LogP) is 4.58. The highest BCUT2D eigenvalue weighted by Crippen LogP contribution is 2.36. The Morgan fingerprint density at radius 3 is 2.35 bits per heavy atom. The Bertz CT molecular complexity index is 975. The first-order valence-electron chi connectivity index (χ1n) is 10.3. The third-order valence-electron chi connectivity index (χ3n) is 5.62. The van der Waals surface area contributed by atoms with Crippen LogP contribution < -0.4 is 10.0 Å². The first kappa shape index (κ1) is 23.6. The Morgan fingerprint density at radius 1 is 1.13 bits per heavy atom. The number of rotatable bonds is 6. The number of anilines is 1. The number of sulfonamides is 1. The second-order valence-corrected chi connectivity index (χ2v) is 11.5. The van der Waals surface area contributed by atoms with Crippen LogP contribution in [-0.2, 0) is 16.2 Å². The zero-order valence-electron chi connectivity index (χ0n) is 17.9. The molecule has 0 bridgehead atoms. The van der Waals surface area contributed by atoms with E-state index < -0.39 is 26.5 Å². The summed E-state index contributed by atoms with van der Waals surface area (Å²) in [5.41, 5.74) is -0.366. The molecule has 0 aliphatic heterocycles. The van der Waals surface area contributed by atoms with E-state index in [4.69, 9.17) is 0 Å². The number of halogens is 3. The topological polar surface area (TPSA) is 76.0 Å². The molecule has 1 aromatic heterocycles. The van der Waals surface area contributed by atoms with Crippen molar-refractivity contribution in [3.05, 3.63) is 42.2 Å². The number of alkyl halides is 3. The van der Waals surface area contributed by atoms with Gasteiger partial charge in [-0.15, -0.1) is 0 Å². The minimum absolute atomic E-state index is 0.0188. The highest BCUT2D eigenvalue weighted by Gasteiger charge is 2.35. The summed E-state index contributed by atoms with van der Waals surface area (Å²) in [7, 11) is -3.39. The summed E-state index contributed by atoms with van der Waals surface area (Å²) < 4.78 is 68.4. The smallest absolute Gasteiger partial charge is 0.385 e. The van der Waals surface area contributed by atoms with Gasteiger partial charge in [0.1, 0.15) is 0 Å². The average Bonchev–Trinajstić information content (AvgIpc) is 3.20. The second kappa shape index (κ2) is 8.82. The van der Waals surface area contributed by atoms with E-state index in [0.29, 0.717) is 25.1 Å². The largest absolute Gasteiger partial charge is 0.418 e. The van der Waals surface area contributed by atoms with Gasteiger partial charge in [-0.2, -0.15) is 18.3 Å². The van der Waals surface area contributed by atoms with Crippen molar-refractivity contribution in [3.8, 4) is 5.69 Å². The minimum atomic E-state index is -4.50. The summed E-state index contributed by atoms with van der Waals surface area (Å²) in [6.45, 7) is 5.53. The van der Waals surface area contributed by atoms with E-state index >= 15 is 0 Å². The van der Waals surface area contributed by atoms with Crippen LogP contribution in [-0.4, -0.2) is 35.5 Å². The molecule has 31 heavy (non-hydrogen) atoms. The average molecular weight is 459 g/mol. The summed E-state index contributed by atoms with van der Waals surface area (Å²) in [6.07, 6.45) is 1.46. The second-order valence-electron chi connectivity index (χ2n) is 9.01. The zero-order chi connectivity index (χ0) is 22.9. The maximum absolute atomic E-state index is 13.6. The molecule has 1 aromatic carbocycles. The first-order valence-corrected chi connectivity index (χ1v) is 11.8. The van der Waals surface area contributed by atoms with Crippen LogP contribution in [0, 0.1) is 5.92 Å². The Kier molecular flexibility index (Phi) is 6.71. The zero-order valence-corrected chi connectivity index (χ0v) is 18.7. The Labute approximate surface area is 181 Å². The molecule has 0 spiro atoms. The van der Waals surface area contributed by atoms with E-state index in [9.17, 15) is 21.6 Å². The Hall–Kier alpha value is -2.07. The molecular formula is C21H29F3N4O2S. The molecule has 3 rings (SSSR count). The first-order chi connectivity index (χ1) is 14.4. The van der Waals surface area contributed by atoms with Gasteiger partial charge in [-0.05, 0) is 76.6 Å². The molecule has 1 saturated carbocycles. The van der Waals surface area contributed by atoms with E-state index in [-0.39, 0.29) is 17.6 Å². The summed E-state index contributed by atoms with van der Waals surface area (Å²) in [5, 5.41) is 7.02. The van der Waals surface area contributed by atoms with Crippen molar-refractivity contribution >= 4 is 15.7 Å². The van der Waals surface area contributed by atoms with Gasteiger partial charge in [0.25, 0.3) is 0 Å². The Morgan fingerprint density at radius 2 is 1.81 bits per heavy atom. The molecule has 1 aliphatic rings. The number of aromatic nitrogens is 2. The van der Waals surface area contributed by atoms with E-state index in [2.05, 4.69) is 15.1 Å². The lowest BCUT2D eigenvalue weighted by molar-refractivity contribution is -0.137. The van der Waals surface area contributed by atoms with Gasteiger partial charge in [-0.25, -0.2) is 17.8 Å². The van der Waals surface area contributed by atoms with Crippen molar-refractivity contribution in [1.82, 2.24) is 14.5 Å². The fraction of sp³-hybridized carbons (Fsp3) is 0.571. The van der Waals surface area contributed by atoms with Gasteiger partial charge in [0, 0.05) is 30.7 Å². The Balaban J connectivity index is 1.59. The number of nitrogens with zero attached hydrogens (tertiary/aromatic N) is 2. The molecule has 10 heteroatoms. The molecule has 2 aromatic rings. The summed E-state index contributed by atoms with van der Waals surface area (Å²) in [5.74, 6) is 0.274. The maximum atomic E-state index is 13.6. The van der Waals surface area contributed by atoms with Crippen LogP contribution in [0.1, 0.15) is 52.0 Å². The third kappa shape index (κ3) is 5.79. The van der Waals surface area contributed by atoms with Crippen molar-refractivity contribution in [2.24, 2.45) is 5.92 Å². The lowest BCUT2D eigenvalue weighted by Gasteiger charge is -2.31. The van der Waals surface area contributed by atoms with Crippen LogP contribution in [0.3, 0.4) is 0 Å². The van der Waals surface area contributed by atoms with Gasteiger partial charge >= 0.3 is 6.18 Å². The monoisotopic (exact) mass is 458 g/mol. The lowest BCUT2D eigenvalue weighted by atomic mass is 9.86. The van der Waals surface area contributed by atoms with Crippen molar-refractivity contribution in [2.45, 2.75) is 63.4 Å². The van der Waals surface area contributed by atoms with Crippen LogP contribution in [0.25, 0.3) is 5.69 Å². The van der Waals surface area contributed by atoms with Crippen LogP contribution in [0.15, 0.2) is 36.7 Å². The quantitative estimate of drug-likeness (QED) is 0.665. The van der Waals surface area contributed by atoms with Crippen LogP contribution in [0.4, 0.5) is 18.9 Å². The number of hydrogen-bond donors (Lipinski definition) is 2. The van der Waals surface area contributed by atoms with Crippen molar-refractivity contribution in [2.75, 3.05) is 11.9 Å². The number of benzene rings is 1. The molecule has 2 N–H and O–H groups in total. The van der Waals surface area contributed by atoms with Crippen molar-refractivity contribution < 1.29 is 21.6 Å². The summed E-state index contributed by atoms with van der Waals surface area (Å²) in [4.78, 5) is 0. The number of nitrogens with one attached hydrogen (secondary N) is 2. The molecule has 0 amide bonds. The van der Waals surface area contributed by atoms with Gasteiger partial charge in [0.05, 0.1) is 16.0 Å². The van der Waals surface area contributed by atoms with Crippen LogP contribution >= 0.6 is 0 Å². The molecule has 0 atom stereocenters. The maximum Gasteiger partial charge on any atom is 0.418 e. The number of hydrogen-bond acceptors (Lipinski definition) is 4. The highest BCUT2D eigenvalue weighted by atomic mass is 32.2. The predicted molar refractivity (Wildman–Crippen MR) is 115 cm³/mol. The molecule has 1 fully saturated rings. The molecule has 0 saturated heterocycles. The molecule has 1 aliphatic carbocycles. The van der Waals surface area contributed by atoms with Crippen molar-refractivity contribution in [1.29, 1.82) is 0 Å². The van der Waals surface area contributed by atoms with E-state index in [1.165, 1.54) is 23.1 Å². The molecule has 1 heterocycles. The summed E-state index contributed by atoms with van der Waals surface area (Å²) in [6, 6.07) is 5.63. The molecule has 172 valence electrons. The van der Waals surface area contributed by atoms with Gasteiger partial charge in [0.2, 0.25) is 10.0 Å². The van der Waals surface area contributed by atoms with Crippen LogP contribution in [0.5, 0.6) is 0 Å². The standard InChI is InChI=1S/C21H29F3N4O2S/c1-20(2,3)31(29,30)27-16-7-5-15(6-8-16)14-25-17-9-10-19(28-12-4-11-26-28)18(13-17)21(22,23)24/h4,9-13,15-16,25,27H,5-8,14H2,1-3H3/t15-,16-. The van der Waals surface area contributed by atoms with Crippen LogP contribution in [0.2, 0.25) is 0 Å². The van der Waals surface area contributed by atoms with E-state index in [1.807, 2.05) is 0 Å². The minimum Gasteiger partial charge on any atom is -0.385 e. The van der Waals surface area contributed by atoms with Gasteiger partial charge < -0.3 is 5.32 Å². The molecule has 6 nitrogen and oxygen atoms in total. The summed E-state index contributed by atoms with van der Waals surface area (Å²) >= 11 is 0. The van der Waals surface area contributed by atoms with E-state index in [1.54, 1.807) is 32.9 Å². The van der Waals surface area contributed by atoms with Crippen molar-refractivity contribution in [3.63, 3.8) is 0 Å². The fourth-order valence-corrected chi connectivity index (χ4v) is 4.66. The van der Waals surface area contributed by atoms with Gasteiger partial charge in [-0.3, -0.25) is 0 Å². The fourth-order valence-electron chi connectivity index (χ4n) is 3.63. The van der Waals surface area contributed by atoms with E-state index in [0.717, 1.165) is 18.9 Å². The normalized spacial score (nSPS) is 20.6.